The zero-order valence-electron chi connectivity index (χ0n) is 12.0. The molecule has 1 amide bonds. The van der Waals surface area contributed by atoms with Crippen LogP contribution >= 0.6 is 15.9 Å². The highest BCUT2D eigenvalue weighted by Crippen LogP contribution is 2.17. The van der Waals surface area contributed by atoms with Gasteiger partial charge in [0.25, 0.3) is 0 Å². The molecule has 1 rings (SSSR count). The van der Waals surface area contributed by atoms with Crippen LogP contribution in [0.1, 0.15) is 26.2 Å². The molecule has 1 unspecified atom stereocenters. The Morgan fingerprint density at radius 3 is 2.81 bits per heavy atom. The molecule has 116 valence electrons. The van der Waals surface area contributed by atoms with Crippen LogP contribution in [0.25, 0.3) is 0 Å². The van der Waals surface area contributed by atoms with Gasteiger partial charge < -0.3 is 15.2 Å². The number of hydrogen-bond acceptors (Lipinski definition) is 3. The minimum Gasteiger partial charge on any atom is -0.493 e. The lowest BCUT2D eigenvalue weighted by atomic mass is 10.0. The van der Waals surface area contributed by atoms with Crippen molar-refractivity contribution in [2.45, 2.75) is 26.2 Å². The molecule has 6 heteroatoms. The number of carboxylic acids is 1. The fourth-order valence-corrected chi connectivity index (χ4v) is 2.15. The van der Waals surface area contributed by atoms with E-state index in [0.717, 1.165) is 10.9 Å². The molecule has 0 saturated carbocycles. The largest absolute Gasteiger partial charge is 0.493 e. The van der Waals surface area contributed by atoms with Crippen LogP contribution in [0.3, 0.4) is 0 Å². The standard InChI is InChI=1S/C15H20BrNO4/c1-2-11(8-15(19)20)10-17-14(18)6-7-21-13-5-3-4-12(16)9-13/h3-5,9,11H,2,6-8,10H2,1H3,(H,17,18)(H,19,20). The predicted molar refractivity (Wildman–Crippen MR) is 83.3 cm³/mol. The lowest BCUT2D eigenvalue weighted by Gasteiger charge is -2.13. The SMILES string of the molecule is CCC(CNC(=O)CCOc1cccc(Br)c1)CC(=O)O. The summed E-state index contributed by atoms with van der Waals surface area (Å²) in [6, 6.07) is 7.41. The summed E-state index contributed by atoms with van der Waals surface area (Å²) in [5.74, 6) is -0.296. The van der Waals surface area contributed by atoms with Crippen molar-refractivity contribution in [3.05, 3.63) is 28.7 Å². The van der Waals surface area contributed by atoms with Gasteiger partial charge in [0.05, 0.1) is 13.0 Å². The zero-order valence-corrected chi connectivity index (χ0v) is 13.6. The maximum absolute atomic E-state index is 11.7. The average molecular weight is 358 g/mol. The number of benzene rings is 1. The monoisotopic (exact) mass is 357 g/mol. The Kier molecular flexibility index (Phi) is 7.82. The summed E-state index contributed by atoms with van der Waals surface area (Å²) in [5, 5.41) is 11.5. The van der Waals surface area contributed by atoms with E-state index in [0.29, 0.717) is 12.3 Å². The molecule has 1 aromatic carbocycles. The molecule has 0 fully saturated rings. The summed E-state index contributed by atoms with van der Waals surface area (Å²) >= 11 is 3.34. The molecule has 1 atom stereocenters. The number of ether oxygens (including phenoxy) is 1. The van der Waals surface area contributed by atoms with Gasteiger partial charge >= 0.3 is 5.97 Å². The highest BCUT2D eigenvalue weighted by Gasteiger charge is 2.12. The van der Waals surface area contributed by atoms with E-state index < -0.39 is 5.97 Å². The Balaban J connectivity index is 2.23. The van der Waals surface area contributed by atoms with Crippen LogP contribution in [0.4, 0.5) is 0 Å². The maximum Gasteiger partial charge on any atom is 0.303 e. The van der Waals surface area contributed by atoms with Gasteiger partial charge in [-0.1, -0.05) is 35.3 Å². The Morgan fingerprint density at radius 2 is 2.19 bits per heavy atom. The number of rotatable bonds is 9. The summed E-state index contributed by atoms with van der Waals surface area (Å²) < 4.78 is 6.39. The predicted octanol–water partition coefficient (Wildman–Crippen LogP) is 2.84. The van der Waals surface area contributed by atoms with Gasteiger partial charge in [-0.15, -0.1) is 0 Å². The number of nitrogens with one attached hydrogen (secondary N) is 1. The van der Waals surface area contributed by atoms with Gasteiger partial charge in [0.1, 0.15) is 5.75 Å². The first-order valence-electron chi connectivity index (χ1n) is 6.88. The number of aliphatic carboxylic acids is 1. The summed E-state index contributed by atoms with van der Waals surface area (Å²) in [7, 11) is 0. The molecule has 21 heavy (non-hydrogen) atoms. The topological polar surface area (TPSA) is 75.6 Å². The number of carboxylic acid groups (broad SMARTS) is 1. The Hall–Kier alpha value is -1.56. The van der Waals surface area contributed by atoms with Gasteiger partial charge in [0.15, 0.2) is 0 Å². The van der Waals surface area contributed by atoms with Crippen molar-refractivity contribution in [1.82, 2.24) is 5.32 Å². The Morgan fingerprint density at radius 1 is 1.43 bits per heavy atom. The normalized spacial score (nSPS) is 11.7. The van der Waals surface area contributed by atoms with Crippen molar-refractivity contribution >= 4 is 27.8 Å². The van der Waals surface area contributed by atoms with Crippen molar-refractivity contribution in [1.29, 1.82) is 0 Å². The third-order valence-corrected chi connectivity index (χ3v) is 3.52. The molecule has 0 radical (unpaired) electrons. The fourth-order valence-electron chi connectivity index (χ4n) is 1.77. The molecule has 0 aliphatic rings. The number of hydrogen-bond donors (Lipinski definition) is 2. The van der Waals surface area contributed by atoms with Crippen LogP contribution < -0.4 is 10.1 Å². The lowest BCUT2D eigenvalue weighted by Crippen LogP contribution is -2.31. The first-order valence-corrected chi connectivity index (χ1v) is 7.67. The van der Waals surface area contributed by atoms with E-state index in [4.69, 9.17) is 9.84 Å². The van der Waals surface area contributed by atoms with Crippen LogP contribution in [-0.2, 0) is 9.59 Å². The van der Waals surface area contributed by atoms with Crippen molar-refractivity contribution in [3.8, 4) is 5.75 Å². The summed E-state index contributed by atoms with van der Waals surface area (Å²) in [5.41, 5.74) is 0. The van der Waals surface area contributed by atoms with Gasteiger partial charge in [-0.05, 0) is 24.1 Å². The second-order valence-electron chi connectivity index (χ2n) is 4.73. The maximum atomic E-state index is 11.7. The number of carbonyl (C=O) groups excluding carboxylic acids is 1. The number of carbonyl (C=O) groups is 2. The van der Waals surface area contributed by atoms with Gasteiger partial charge in [0.2, 0.25) is 5.91 Å². The fraction of sp³-hybridized carbons (Fsp3) is 0.467. The second kappa shape index (κ2) is 9.39. The van der Waals surface area contributed by atoms with Crippen LogP contribution in [0.5, 0.6) is 5.75 Å². The first kappa shape index (κ1) is 17.5. The lowest BCUT2D eigenvalue weighted by molar-refractivity contribution is -0.138. The van der Waals surface area contributed by atoms with E-state index in [1.165, 1.54) is 0 Å². The molecule has 0 aromatic heterocycles. The first-order chi connectivity index (χ1) is 10.0. The minimum absolute atomic E-state index is 0.0301. The molecular formula is C15H20BrNO4. The number of amides is 1. The van der Waals surface area contributed by atoms with E-state index in [-0.39, 0.29) is 31.3 Å². The van der Waals surface area contributed by atoms with E-state index >= 15 is 0 Å². The molecule has 0 aliphatic carbocycles. The van der Waals surface area contributed by atoms with Crippen molar-refractivity contribution in [2.75, 3.05) is 13.2 Å². The molecule has 1 aromatic rings. The quantitative estimate of drug-likeness (QED) is 0.712. The molecule has 0 heterocycles. The van der Waals surface area contributed by atoms with E-state index in [1.54, 1.807) is 0 Å². The van der Waals surface area contributed by atoms with E-state index in [9.17, 15) is 9.59 Å². The van der Waals surface area contributed by atoms with Crippen LogP contribution in [0.2, 0.25) is 0 Å². The van der Waals surface area contributed by atoms with Crippen molar-refractivity contribution < 1.29 is 19.4 Å². The molecule has 0 bridgehead atoms. The van der Waals surface area contributed by atoms with E-state index in [1.807, 2.05) is 31.2 Å². The molecule has 2 N–H and O–H groups in total. The van der Waals surface area contributed by atoms with Gasteiger partial charge in [-0.2, -0.15) is 0 Å². The third-order valence-electron chi connectivity index (χ3n) is 3.02. The average Bonchev–Trinajstić information content (AvgIpc) is 2.43. The van der Waals surface area contributed by atoms with E-state index in [2.05, 4.69) is 21.2 Å². The molecular weight excluding hydrogens is 338 g/mol. The smallest absolute Gasteiger partial charge is 0.303 e. The Labute approximate surface area is 132 Å². The van der Waals surface area contributed by atoms with Crippen molar-refractivity contribution in [3.63, 3.8) is 0 Å². The van der Waals surface area contributed by atoms with Gasteiger partial charge in [0, 0.05) is 17.4 Å². The molecule has 0 aliphatic heterocycles. The number of halogens is 1. The Bertz CT molecular complexity index is 478. The highest BCUT2D eigenvalue weighted by molar-refractivity contribution is 9.10. The van der Waals surface area contributed by atoms with Gasteiger partial charge in [-0.25, -0.2) is 0 Å². The molecule has 5 nitrogen and oxygen atoms in total. The van der Waals surface area contributed by atoms with Crippen LogP contribution in [-0.4, -0.2) is 30.1 Å². The minimum atomic E-state index is -0.839. The third kappa shape index (κ3) is 7.70. The van der Waals surface area contributed by atoms with Crippen molar-refractivity contribution in [2.24, 2.45) is 5.92 Å². The molecule has 0 spiro atoms. The summed E-state index contributed by atoms with van der Waals surface area (Å²) in [6.07, 6.45) is 1.04. The second-order valence-corrected chi connectivity index (χ2v) is 5.65. The summed E-state index contributed by atoms with van der Waals surface area (Å²) in [4.78, 5) is 22.3. The summed E-state index contributed by atoms with van der Waals surface area (Å²) in [6.45, 7) is 2.59. The van der Waals surface area contributed by atoms with Gasteiger partial charge in [-0.3, -0.25) is 9.59 Å². The zero-order chi connectivity index (χ0) is 15.7. The molecule has 0 saturated heterocycles. The van der Waals surface area contributed by atoms with Crippen LogP contribution in [0, 0.1) is 5.92 Å². The highest BCUT2D eigenvalue weighted by atomic mass is 79.9. The van der Waals surface area contributed by atoms with Crippen LogP contribution in [0.15, 0.2) is 28.7 Å².